The zero-order valence-corrected chi connectivity index (χ0v) is 10.9. The second kappa shape index (κ2) is 6.94. The first-order valence-electron chi connectivity index (χ1n) is 6.04. The second-order valence-corrected chi connectivity index (χ2v) is 4.12. The van der Waals surface area contributed by atoms with Crippen LogP contribution < -0.4 is 4.90 Å². The number of anilines is 1. The number of methoxy groups -OCH3 is 1. The van der Waals surface area contributed by atoms with E-state index in [0.29, 0.717) is 6.42 Å². The zero-order valence-electron chi connectivity index (χ0n) is 10.9. The predicted molar refractivity (Wildman–Crippen MR) is 70.3 cm³/mol. The normalized spacial score (nSPS) is 10.1. The molecule has 17 heavy (non-hydrogen) atoms. The number of nitrogens with zero attached hydrogens (tertiary/aromatic N) is 1. The summed E-state index contributed by atoms with van der Waals surface area (Å²) >= 11 is 0. The highest BCUT2D eigenvalue weighted by molar-refractivity contribution is 5.69. The van der Waals surface area contributed by atoms with Gasteiger partial charge in [-0.3, -0.25) is 4.79 Å². The van der Waals surface area contributed by atoms with Crippen molar-refractivity contribution in [1.82, 2.24) is 0 Å². The summed E-state index contributed by atoms with van der Waals surface area (Å²) in [5, 5.41) is 0. The van der Waals surface area contributed by atoms with E-state index in [1.807, 2.05) is 7.05 Å². The van der Waals surface area contributed by atoms with Crippen molar-refractivity contribution in [3.63, 3.8) is 0 Å². The molecule has 0 unspecified atom stereocenters. The van der Waals surface area contributed by atoms with E-state index in [1.54, 1.807) is 0 Å². The molecule has 0 spiro atoms. The molecule has 0 bridgehead atoms. The third-order valence-electron chi connectivity index (χ3n) is 2.89. The highest BCUT2D eigenvalue weighted by Gasteiger charge is 2.03. The molecule has 0 saturated heterocycles. The fourth-order valence-corrected chi connectivity index (χ4v) is 1.68. The van der Waals surface area contributed by atoms with Gasteiger partial charge in [0.2, 0.25) is 0 Å². The first-order chi connectivity index (χ1) is 8.17. The average molecular weight is 235 g/mol. The molecule has 1 aromatic carbocycles. The van der Waals surface area contributed by atoms with Gasteiger partial charge in [0.15, 0.2) is 0 Å². The van der Waals surface area contributed by atoms with Crippen LogP contribution in [-0.4, -0.2) is 26.7 Å². The molecule has 0 aliphatic heterocycles. The van der Waals surface area contributed by atoms with Crippen LogP contribution in [-0.2, 0) is 16.0 Å². The maximum Gasteiger partial charge on any atom is 0.305 e. The Morgan fingerprint density at radius 2 is 1.94 bits per heavy atom. The summed E-state index contributed by atoms with van der Waals surface area (Å²) < 4.78 is 4.61. The third-order valence-corrected chi connectivity index (χ3v) is 2.89. The fraction of sp³-hybridized carbons (Fsp3) is 0.500. The van der Waals surface area contributed by atoms with Crippen molar-refractivity contribution in [2.45, 2.75) is 26.2 Å². The predicted octanol–water partition coefficient (Wildman–Crippen LogP) is 2.64. The van der Waals surface area contributed by atoms with E-state index < -0.39 is 0 Å². The molecule has 94 valence electrons. The lowest BCUT2D eigenvalue weighted by Crippen LogP contribution is -2.19. The van der Waals surface area contributed by atoms with Crippen LogP contribution in [0.4, 0.5) is 5.69 Å². The number of ether oxygens (including phenoxy) is 1. The quantitative estimate of drug-likeness (QED) is 0.710. The molecule has 3 nitrogen and oxygen atoms in total. The van der Waals surface area contributed by atoms with Gasteiger partial charge in [-0.2, -0.15) is 0 Å². The number of rotatable bonds is 6. The third kappa shape index (κ3) is 4.47. The second-order valence-electron chi connectivity index (χ2n) is 4.12. The largest absolute Gasteiger partial charge is 0.469 e. The summed E-state index contributed by atoms with van der Waals surface area (Å²) in [7, 11) is 3.47. The van der Waals surface area contributed by atoms with E-state index in [1.165, 1.54) is 18.4 Å². The van der Waals surface area contributed by atoms with Crippen LogP contribution in [0.1, 0.15) is 25.3 Å². The monoisotopic (exact) mass is 235 g/mol. The molecule has 0 fully saturated rings. The van der Waals surface area contributed by atoms with E-state index in [4.69, 9.17) is 0 Å². The van der Waals surface area contributed by atoms with E-state index in [9.17, 15) is 4.79 Å². The van der Waals surface area contributed by atoms with Gasteiger partial charge >= 0.3 is 5.97 Å². The molecule has 0 saturated carbocycles. The Bertz CT molecular complexity index is 346. The minimum absolute atomic E-state index is 0.139. The molecule has 0 atom stereocenters. The lowest BCUT2D eigenvalue weighted by molar-refractivity contribution is -0.140. The molecule has 0 aromatic heterocycles. The van der Waals surface area contributed by atoms with Gasteiger partial charge in [-0.05, 0) is 30.5 Å². The number of hydrogen-bond acceptors (Lipinski definition) is 3. The van der Waals surface area contributed by atoms with Gasteiger partial charge in [-0.1, -0.05) is 19.1 Å². The van der Waals surface area contributed by atoms with Gasteiger partial charge in [0.25, 0.3) is 0 Å². The molecular formula is C14H21NO2. The van der Waals surface area contributed by atoms with Gasteiger partial charge in [0.05, 0.1) is 7.11 Å². The van der Waals surface area contributed by atoms with Crippen molar-refractivity contribution in [2.75, 3.05) is 25.6 Å². The van der Waals surface area contributed by atoms with Crippen molar-refractivity contribution < 1.29 is 9.53 Å². The first-order valence-corrected chi connectivity index (χ1v) is 6.04. The minimum atomic E-state index is -0.139. The number of esters is 1. The molecule has 0 N–H and O–H groups in total. The lowest BCUT2D eigenvalue weighted by Gasteiger charge is -2.19. The Kier molecular flexibility index (Phi) is 5.53. The number of aryl methyl sites for hydroxylation is 1. The summed E-state index contributed by atoms with van der Waals surface area (Å²) in [4.78, 5) is 13.1. The lowest BCUT2D eigenvalue weighted by atomic mass is 10.1. The molecule has 0 radical (unpaired) electrons. The Morgan fingerprint density at radius 3 is 2.47 bits per heavy atom. The van der Waals surface area contributed by atoms with Gasteiger partial charge < -0.3 is 9.64 Å². The average Bonchev–Trinajstić information content (AvgIpc) is 2.38. The maximum absolute atomic E-state index is 11.0. The summed E-state index contributed by atoms with van der Waals surface area (Å²) in [6.45, 7) is 3.01. The van der Waals surface area contributed by atoms with E-state index in [0.717, 1.165) is 19.4 Å². The van der Waals surface area contributed by atoms with Crippen molar-refractivity contribution >= 4 is 11.7 Å². The van der Waals surface area contributed by atoms with Crippen LogP contribution in [0, 0.1) is 0 Å². The Hall–Kier alpha value is -1.51. The number of hydrogen-bond donors (Lipinski definition) is 0. The Labute approximate surface area is 103 Å². The molecule has 1 rings (SSSR count). The molecule has 0 aliphatic carbocycles. The smallest absolute Gasteiger partial charge is 0.305 e. The first kappa shape index (κ1) is 13.6. The molecule has 0 amide bonds. The minimum Gasteiger partial charge on any atom is -0.469 e. The van der Waals surface area contributed by atoms with Crippen molar-refractivity contribution in [1.29, 1.82) is 0 Å². The molecule has 3 heteroatoms. The van der Waals surface area contributed by atoms with Crippen molar-refractivity contribution in [3.8, 4) is 0 Å². The summed E-state index contributed by atoms with van der Waals surface area (Å²) in [5.74, 6) is -0.139. The van der Waals surface area contributed by atoms with Gasteiger partial charge in [-0.15, -0.1) is 0 Å². The van der Waals surface area contributed by atoms with Crippen LogP contribution in [0.2, 0.25) is 0 Å². The summed E-state index contributed by atoms with van der Waals surface area (Å²) in [5.41, 5.74) is 2.53. The number of benzene rings is 1. The fourth-order valence-electron chi connectivity index (χ4n) is 1.68. The standard InChI is InChI=1S/C14H21NO2/c1-4-12-7-9-13(10-8-12)15(2)11-5-6-14(16)17-3/h7-10H,4-6,11H2,1-3H3. The van der Waals surface area contributed by atoms with Crippen LogP contribution >= 0.6 is 0 Å². The number of carbonyl (C=O) groups excluding carboxylic acids is 1. The molecule has 1 aromatic rings. The molecule has 0 heterocycles. The zero-order chi connectivity index (χ0) is 12.7. The van der Waals surface area contributed by atoms with Crippen LogP contribution in [0.25, 0.3) is 0 Å². The Morgan fingerprint density at radius 1 is 1.29 bits per heavy atom. The highest BCUT2D eigenvalue weighted by atomic mass is 16.5. The summed E-state index contributed by atoms with van der Waals surface area (Å²) in [6.07, 6.45) is 2.36. The van der Waals surface area contributed by atoms with E-state index >= 15 is 0 Å². The maximum atomic E-state index is 11.0. The topological polar surface area (TPSA) is 29.5 Å². The molecular weight excluding hydrogens is 214 g/mol. The molecule has 0 aliphatic rings. The summed E-state index contributed by atoms with van der Waals surface area (Å²) in [6, 6.07) is 8.53. The SMILES string of the molecule is CCc1ccc(N(C)CCCC(=O)OC)cc1. The van der Waals surface area contributed by atoms with Gasteiger partial charge in [0.1, 0.15) is 0 Å². The van der Waals surface area contributed by atoms with E-state index in [2.05, 4.69) is 40.8 Å². The number of carbonyl (C=O) groups is 1. The van der Waals surface area contributed by atoms with Crippen LogP contribution in [0.15, 0.2) is 24.3 Å². The van der Waals surface area contributed by atoms with Gasteiger partial charge in [0, 0.05) is 25.7 Å². The van der Waals surface area contributed by atoms with Crippen molar-refractivity contribution in [2.24, 2.45) is 0 Å². The van der Waals surface area contributed by atoms with Crippen LogP contribution in [0.5, 0.6) is 0 Å². The van der Waals surface area contributed by atoms with Crippen LogP contribution in [0.3, 0.4) is 0 Å². The van der Waals surface area contributed by atoms with E-state index in [-0.39, 0.29) is 5.97 Å². The highest BCUT2D eigenvalue weighted by Crippen LogP contribution is 2.14. The van der Waals surface area contributed by atoms with Gasteiger partial charge in [-0.25, -0.2) is 0 Å². The van der Waals surface area contributed by atoms with Crippen molar-refractivity contribution in [3.05, 3.63) is 29.8 Å². The Balaban J connectivity index is 2.40.